The van der Waals surface area contributed by atoms with E-state index in [2.05, 4.69) is 26.1 Å². The van der Waals surface area contributed by atoms with Crippen molar-refractivity contribution in [1.82, 2.24) is 15.5 Å². The number of hydrogen-bond donors (Lipinski definition) is 3. The van der Waals surface area contributed by atoms with Crippen molar-refractivity contribution in [2.45, 2.75) is 12.5 Å². The number of anilines is 3. The number of urea groups is 1. The highest BCUT2D eigenvalue weighted by Crippen LogP contribution is 2.28. The van der Waals surface area contributed by atoms with Crippen molar-refractivity contribution in [2.75, 3.05) is 36.7 Å². The van der Waals surface area contributed by atoms with Gasteiger partial charge in [0.25, 0.3) is 0 Å². The summed E-state index contributed by atoms with van der Waals surface area (Å²) in [6.45, 7) is 0. The predicted octanol–water partition coefficient (Wildman–Crippen LogP) is 4.65. The molecular formula is C27H28N6O3S. The molecule has 0 aliphatic carbocycles. The van der Waals surface area contributed by atoms with Crippen LogP contribution in [0.2, 0.25) is 0 Å². The van der Waals surface area contributed by atoms with Gasteiger partial charge in [-0.15, -0.1) is 10.2 Å². The van der Waals surface area contributed by atoms with E-state index in [-0.39, 0.29) is 0 Å². The largest absolute Gasteiger partial charge is 0.497 e. The number of carbonyl (C=O) groups is 2. The highest BCUT2D eigenvalue weighted by molar-refractivity contribution is 7.18. The summed E-state index contributed by atoms with van der Waals surface area (Å²) in [5, 5.41) is 17.7. The summed E-state index contributed by atoms with van der Waals surface area (Å²) < 4.78 is 5.20. The molecule has 0 saturated carbocycles. The van der Waals surface area contributed by atoms with Gasteiger partial charge in [-0.3, -0.25) is 10.1 Å². The number of amides is 3. The molecule has 1 heterocycles. The molecule has 3 N–H and O–H groups in total. The van der Waals surface area contributed by atoms with Crippen LogP contribution >= 0.6 is 11.3 Å². The van der Waals surface area contributed by atoms with Gasteiger partial charge in [0, 0.05) is 43.5 Å². The van der Waals surface area contributed by atoms with Crippen LogP contribution in [-0.2, 0) is 11.2 Å². The molecule has 0 radical (unpaired) electrons. The van der Waals surface area contributed by atoms with Gasteiger partial charge in [-0.05, 0) is 42.0 Å². The maximum atomic E-state index is 13.2. The summed E-state index contributed by atoms with van der Waals surface area (Å²) in [5.41, 5.74) is 3.43. The minimum Gasteiger partial charge on any atom is -0.497 e. The van der Waals surface area contributed by atoms with Gasteiger partial charge in [-0.25, -0.2) is 4.79 Å². The second-order valence-electron chi connectivity index (χ2n) is 8.42. The molecule has 0 unspecified atom stereocenters. The molecule has 1 aromatic heterocycles. The van der Waals surface area contributed by atoms with Crippen LogP contribution in [0.4, 0.5) is 21.3 Å². The van der Waals surface area contributed by atoms with E-state index < -0.39 is 18.0 Å². The lowest BCUT2D eigenvalue weighted by Crippen LogP contribution is -2.46. The summed E-state index contributed by atoms with van der Waals surface area (Å²) in [6, 6.07) is 23.0. The Morgan fingerprint density at radius 3 is 2.41 bits per heavy atom. The minimum atomic E-state index is -0.847. The molecule has 0 spiro atoms. The fourth-order valence-corrected chi connectivity index (χ4v) is 4.32. The lowest BCUT2D eigenvalue weighted by Gasteiger charge is -2.18. The van der Waals surface area contributed by atoms with Crippen LogP contribution in [0.3, 0.4) is 0 Å². The van der Waals surface area contributed by atoms with Crippen LogP contribution in [0.25, 0.3) is 10.6 Å². The topological polar surface area (TPSA) is 108 Å². The first-order chi connectivity index (χ1) is 17.9. The molecular weight excluding hydrogens is 488 g/mol. The molecule has 37 heavy (non-hydrogen) atoms. The van der Waals surface area contributed by atoms with Gasteiger partial charge in [-0.2, -0.15) is 0 Å². The number of nitrogens with zero attached hydrogens (tertiary/aromatic N) is 3. The van der Waals surface area contributed by atoms with Gasteiger partial charge in [0.15, 0.2) is 0 Å². The number of nitrogens with one attached hydrogen (secondary N) is 3. The van der Waals surface area contributed by atoms with Crippen molar-refractivity contribution in [3.05, 3.63) is 84.4 Å². The molecule has 1 atom stereocenters. The smallest absolute Gasteiger partial charge is 0.319 e. The van der Waals surface area contributed by atoms with E-state index in [0.717, 1.165) is 16.8 Å². The lowest BCUT2D eigenvalue weighted by atomic mass is 10.1. The Kier molecular flexibility index (Phi) is 8.32. The van der Waals surface area contributed by atoms with Gasteiger partial charge in [-0.1, -0.05) is 47.7 Å². The number of aromatic nitrogens is 2. The van der Waals surface area contributed by atoms with E-state index in [0.29, 0.717) is 28.0 Å². The Morgan fingerprint density at radius 2 is 1.70 bits per heavy atom. The molecule has 9 nitrogen and oxygen atoms in total. The van der Waals surface area contributed by atoms with Crippen LogP contribution in [0.1, 0.15) is 5.56 Å². The highest BCUT2D eigenvalue weighted by Gasteiger charge is 2.23. The fourth-order valence-electron chi connectivity index (χ4n) is 3.57. The summed E-state index contributed by atoms with van der Waals surface area (Å²) >= 11 is 1.27. The molecule has 3 aromatic carbocycles. The van der Waals surface area contributed by atoms with Crippen LogP contribution in [-0.4, -0.2) is 49.4 Å². The number of benzene rings is 3. The first kappa shape index (κ1) is 25.6. The first-order valence-corrected chi connectivity index (χ1v) is 12.4. The number of rotatable bonds is 9. The van der Waals surface area contributed by atoms with Crippen molar-refractivity contribution in [2.24, 2.45) is 0 Å². The van der Waals surface area contributed by atoms with E-state index >= 15 is 0 Å². The van der Waals surface area contributed by atoms with Crippen LogP contribution in [0.15, 0.2) is 78.9 Å². The summed E-state index contributed by atoms with van der Waals surface area (Å²) in [6.07, 6.45) is 0.301. The SMILES string of the molecule is COc1cccc(NC(=O)N[C@@H](Cc2ccccc2)C(=O)Nc2nnc(-c3ccc(N(C)C)cc3)s2)c1. The maximum Gasteiger partial charge on any atom is 0.319 e. The first-order valence-electron chi connectivity index (χ1n) is 11.6. The van der Waals surface area contributed by atoms with Gasteiger partial charge < -0.3 is 20.3 Å². The zero-order chi connectivity index (χ0) is 26.2. The van der Waals surface area contributed by atoms with E-state index in [9.17, 15) is 9.59 Å². The fraction of sp³-hybridized carbons (Fsp3) is 0.185. The van der Waals surface area contributed by atoms with E-state index in [1.54, 1.807) is 31.4 Å². The molecule has 10 heteroatoms. The summed E-state index contributed by atoms with van der Waals surface area (Å²) in [5.74, 6) is 0.218. The van der Waals surface area contributed by atoms with Crippen LogP contribution in [0.5, 0.6) is 5.75 Å². The average molecular weight is 517 g/mol. The van der Waals surface area contributed by atoms with E-state index in [4.69, 9.17) is 4.74 Å². The standard InChI is InChI=1S/C27H28N6O3S/c1-33(2)21-14-12-19(13-15-21)25-31-32-27(37-25)30-24(34)23(16-18-8-5-4-6-9-18)29-26(35)28-20-10-7-11-22(17-20)36-3/h4-15,17,23H,16H2,1-3H3,(H2,28,29,35)(H,30,32,34)/t23-/m0/s1. The quantitative estimate of drug-likeness (QED) is 0.299. The van der Waals surface area contributed by atoms with Crippen molar-refractivity contribution in [3.8, 4) is 16.3 Å². The zero-order valence-corrected chi connectivity index (χ0v) is 21.6. The summed E-state index contributed by atoms with van der Waals surface area (Å²) in [4.78, 5) is 28.0. The molecule has 0 bridgehead atoms. The third-order valence-electron chi connectivity index (χ3n) is 5.52. The number of carbonyl (C=O) groups excluding carboxylic acids is 2. The van der Waals surface area contributed by atoms with Crippen molar-refractivity contribution in [3.63, 3.8) is 0 Å². The Bertz CT molecular complexity index is 1340. The Balaban J connectivity index is 1.46. The van der Waals surface area contributed by atoms with Gasteiger partial charge >= 0.3 is 6.03 Å². The third-order valence-corrected chi connectivity index (χ3v) is 6.41. The molecule has 4 rings (SSSR count). The number of methoxy groups -OCH3 is 1. The Labute approximate surface area is 219 Å². The van der Waals surface area contributed by atoms with E-state index in [1.807, 2.05) is 73.6 Å². The molecule has 0 aliphatic rings. The van der Waals surface area contributed by atoms with Crippen LogP contribution < -0.4 is 25.6 Å². The zero-order valence-electron chi connectivity index (χ0n) is 20.8. The van der Waals surface area contributed by atoms with Crippen molar-refractivity contribution < 1.29 is 14.3 Å². The maximum absolute atomic E-state index is 13.2. The second-order valence-corrected chi connectivity index (χ2v) is 9.39. The van der Waals surface area contributed by atoms with Gasteiger partial charge in [0.05, 0.1) is 7.11 Å². The normalized spacial score (nSPS) is 11.3. The third kappa shape index (κ3) is 7.05. The van der Waals surface area contributed by atoms with Gasteiger partial charge in [0.1, 0.15) is 16.8 Å². The number of ether oxygens (including phenoxy) is 1. The monoisotopic (exact) mass is 516 g/mol. The molecule has 4 aromatic rings. The number of hydrogen-bond acceptors (Lipinski definition) is 7. The summed E-state index contributed by atoms with van der Waals surface area (Å²) in [7, 11) is 5.51. The lowest BCUT2D eigenvalue weighted by molar-refractivity contribution is -0.117. The molecule has 3 amide bonds. The highest BCUT2D eigenvalue weighted by atomic mass is 32.1. The average Bonchev–Trinajstić information content (AvgIpc) is 3.37. The predicted molar refractivity (Wildman–Crippen MR) is 147 cm³/mol. The van der Waals surface area contributed by atoms with Crippen molar-refractivity contribution >= 4 is 39.8 Å². The minimum absolute atomic E-state index is 0.301. The second kappa shape index (κ2) is 12.0. The Morgan fingerprint density at radius 1 is 0.946 bits per heavy atom. The van der Waals surface area contributed by atoms with E-state index in [1.165, 1.54) is 11.3 Å². The molecule has 0 saturated heterocycles. The Hall–Kier alpha value is -4.44. The van der Waals surface area contributed by atoms with Gasteiger partial charge in [0.2, 0.25) is 11.0 Å². The molecule has 0 aliphatic heterocycles. The molecule has 0 fully saturated rings. The van der Waals surface area contributed by atoms with Crippen molar-refractivity contribution in [1.29, 1.82) is 0 Å². The molecule has 190 valence electrons. The van der Waals surface area contributed by atoms with Crippen LogP contribution in [0, 0.1) is 0 Å².